The molecule has 2 atom stereocenters. The van der Waals surface area contributed by atoms with Gasteiger partial charge < -0.3 is 19.7 Å². The van der Waals surface area contributed by atoms with Gasteiger partial charge in [-0.15, -0.1) is 0 Å². The summed E-state index contributed by atoms with van der Waals surface area (Å²) in [5, 5.41) is 22.5. The van der Waals surface area contributed by atoms with E-state index in [0.29, 0.717) is 43.3 Å². The Bertz CT molecular complexity index is 1230. The van der Waals surface area contributed by atoms with Crippen molar-refractivity contribution >= 4 is 16.6 Å². The number of hydrogen-bond acceptors (Lipinski definition) is 5. The highest BCUT2D eigenvalue weighted by Crippen LogP contribution is 2.32. The predicted octanol–water partition coefficient (Wildman–Crippen LogP) is 6.52. The van der Waals surface area contributed by atoms with E-state index in [4.69, 9.17) is 9.47 Å². The van der Waals surface area contributed by atoms with Crippen LogP contribution in [0.3, 0.4) is 0 Å². The standard InChI is InChI=1S/C31H36O5/c1-3-4-22-13-15-31(34,16-14-22)20-28(33)10-6-23-7-12-29(35-2)30(18-23)36-21-24-5-8-26-19-27(32)11-9-25(26)17-24/h5,7-9,11-13,15,17-19,22,32,34H,3-4,6,10,14,16,20-21H2,1-2H3/t22-,31+/m1/s1. The first-order valence-corrected chi connectivity index (χ1v) is 12.8. The zero-order valence-corrected chi connectivity index (χ0v) is 21.2. The zero-order chi connectivity index (χ0) is 25.5. The average molecular weight is 489 g/mol. The van der Waals surface area contributed by atoms with Crippen LogP contribution in [-0.4, -0.2) is 28.7 Å². The normalized spacial score (nSPS) is 19.4. The van der Waals surface area contributed by atoms with Crippen molar-refractivity contribution in [1.82, 2.24) is 0 Å². The molecule has 0 radical (unpaired) electrons. The van der Waals surface area contributed by atoms with Gasteiger partial charge in [-0.25, -0.2) is 0 Å². The van der Waals surface area contributed by atoms with Gasteiger partial charge >= 0.3 is 0 Å². The maximum atomic E-state index is 12.7. The second kappa shape index (κ2) is 11.6. The van der Waals surface area contributed by atoms with Gasteiger partial charge in [-0.05, 0) is 83.8 Å². The molecule has 5 nitrogen and oxygen atoms in total. The van der Waals surface area contributed by atoms with Crippen LogP contribution in [0.2, 0.25) is 0 Å². The number of phenols is 1. The molecular weight excluding hydrogens is 452 g/mol. The van der Waals surface area contributed by atoms with Gasteiger partial charge in [-0.3, -0.25) is 4.79 Å². The molecule has 3 aromatic rings. The van der Waals surface area contributed by atoms with Crippen LogP contribution in [0.25, 0.3) is 10.8 Å². The van der Waals surface area contributed by atoms with E-state index < -0.39 is 5.60 Å². The summed E-state index contributed by atoms with van der Waals surface area (Å²) < 4.78 is 11.6. The first-order valence-electron chi connectivity index (χ1n) is 12.8. The van der Waals surface area contributed by atoms with Crippen LogP contribution < -0.4 is 9.47 Å². The van der Waals surface area contributed by atoms with Crippen molar-refractivity contribution in [3.63, 3.8) is 0 Å². The van der Waals surface area contributed by atoms with Crippen LogP contribution in [0.1, 0.15) is 56.6 Å². The molecule has 2 N–H and O–H groups in total. The average Bonchev–Trinajstić information content (AvgIpc) is 2.87. The predicted molar refractivity (Wildman–Crippen MR) is 143 cm³/mol. The maximum absolute atomic E-state index is 12.7. The van der Waals surface area contributed by atoms with Gasteiger partial charge in [0, 0.05) is 12.8 Å². The van der Waals surface area contributed by atoms with Crippen LogP contribution in [0.15, 0.2) is 66.7 Å². The Kier molecular flexibility index (Phi) is 8.32. The summed E-state index contributed by atoms with van der Waals surface area (Å²) in [5.74, 6) is 2.10. The maximum Gasteiger partial charge on any atom is 0.161 e. The molecule has 0 saturated carbocycles. The molecule has 0 spiro atoms. The van der Waals surface area contributed by atoms with Crippen LogP contribution in [0.5, 0.6) is 17.2 Å². The number of allylic oxidation sites excluding steroid dienone is 1. The minimum atomic E-state index is -1.01. The van der Waals surface area contributed by atoms with Gasteiger partial charge in [0.15, 0.2) is 11.5 Å². The molecular formula is C31H36O5. The molecule has 0 aromatic heterocycles. The van der Waals surface area contributed by atoms with Crippen molar-refractivity contribution in [2.45, 2.75) is 64.1 Å². The smallest absolute Gasteiger partial charge is 0.161 e. The topological polar surface area (TPSA) is 76.0 Å². The number of hydrogen-bond donors (Lipinski definition) is 2. The van der Waals surface area contributed by atoms with E-state index in [1.165, 1.54) is 0 Å². The second-order valence-electron chi connectivity index (χ2n) is 9.91. The summed E-state index contributed by atoms with van der Waals surface area (Å²) in [6, 6.07) is 17.0. The number of fused-ring (bicyclic) bond motifs is 1. The van der Waals surface area contributed by atoms with E-state index in [1.807, 2.05) is 48.5 Å². The first-order chi connectivity index (χ1) is 17.4. The number of Topliss-reactive ketones (excluding diaryl/α,β-unsaturated/α-hetero) is 1. The monoisotopic (exact) mass is 488 g/mol. The lowest BCUT2D eigenvalue weighted by Crippen LogP contribution is -2.32. The number of carbonyl (C=O) groups excluding carboxylic acids is 1. The summed E-state index contributed by atoms with van der Waals surface area (Å²) in [7, 11) is 1.61. The fraction of sp³-hybridized carbons (Fsp3) is 0.387. The molecule has 190 valence electrons. The molecule has 0 saturated heterocycles. The van der Waals surface area contributed by atoms with Gasteiger partial charge in [0.1, 0.15) is 18.1 Å². The van der Waals surface area contributed by atoms with Crippen LogP contribution in [0, 0.1) is 5.92 Å². The Hall–Kier alpha value is -3.31. The summed E-state index contributed by atoms with van der Waals surface area (Å²) in [5.41, 5.74) is 0.988. The quantitative estimate of drug-likeness (QED) is 0.300. The van der Waals surface area contributed by atoms with Crippen molar-refractivity contribution in [2.24, 2.45) is 5.92 Å². The lowest BCUT2D eigenvalue weighted by Gasteiger charge is -2.30. The Labute approximate surface area is 213 Å². The minimum absolute atomic E-state index is 0.0663. The van der Waals surface area contributed by atoms with Gasteiger partial charge in [-0.1, -0.05) is 49.8 Å². The second-order valence-corrected chi connectivity index (χ2v) is 9.91. The molecule has 0 amide bonds. The number of ether oxygens (including phenoxy) is 2. The SMILES string of the molecule is CCC[C@@H]1C=C[C@@](O)(CC(=O)CCc2ccc(OC)c(OCc3ccc4cc(O)ccc4c3)c2)CC1. The number of carbonyl (C=O) groups is 1. The number of rotatable bonds is 11. The van der Waals surface area contributed by atoms with E-state index in [1.54, 1.807) is 19.2 Å². The molecule has 4 rings (SSSR count). The summed E-state index contributed by atoms with van der Waals surface area (Å²) in [4.78, 5) is 12.7. The van der Waals surface area contributed by atoms with Crippen molar-refractivity contribution in [3.8, 4) is 17.2 Å². The Morgan fingerprint density at radius 2 is 1.81 bits per heavy atom. The summed E-state index contributed by atoms with van der Waals surface area (Å²) in [6.07, 6.45) is 8.91. The summed E-state index contributed by atoms with van der Waals surface area (Å²) >= 11 is 0. The lowest BCUT2D eigenvalue weighted by molar-refractivity contribution is -0.122. The van der Waals surface area contributed by atoms with E-state index in [2.05, 4.69) is 13.0 Å². The van der Waals surface area contributed by atoms with Gasteiger partial charge in [0.05, 0.1) is 12.7 Å². The largest absolute Gasteiger partial charge is 0.508 e. The number of ketones is 1. The molecule has 0 fully saturated rings. The third-order valence-electron chi connectivity index (χ3n) is 6.99. The van der Waals surface area contributed by atoms with Crippen LogP contribution >= 0.6 is 0 Å². The Balaban J connectivity index is 1.35. The van der Waals surface area contributed by atoms with E-state index in [0.717, 1.165) is 41.2 Å². The molecule has 3 aromatic carbocycles. The number of phenolic OH excluding ortho intramolecular Hbond substituents is 1. The molecule has 0 heterocycles. The van der Waals surface area contributed by atoms with Crippen molar-refractivity contribution in [2.75, 3.05) is 7.11 Å². The number of aliphatic hydroxyl groups is 1. The number of methoxy groups -OCH3 is 1. The third kappa shape index (κ3) is 6.67. The van der Waals surface area contributed by atoms with Crippen LogP contribution in [0.4, 0.5) is 0 Å². The highest BCUT2D eigenvalue weighted by Gasteiger charge is 2.30. The number of benzene rings is 3. The van der Waals surface area contributed by atoms with E-state index in [-0.39, 0.29) is 18.0 Å². The number of aromatic hydroxyl groups is 1. The van der Waals surface area contributed by atoms with Gasteiger partial charge in [0.2, 0.25) is 0 Å². The Morgan fingerprint density at radius 1 is 1.03 bits per heavy atom. The molecule has 1 aliphatic carbocycles. The molecule has 36 heavy (non-hydrogen) atoms. The summed E-state index contributed by atoms with van der Waals surface area (Å²) in [6.45, 7) is 2.54. The highest BCUT2D eigenvalue weighted by molar-refractivity contribution is 5.84. The van der Waals surface area contributed by atoms with Gasteiger partial charge in [0.25, 0.3) is 0 Å². The van der Waals surface area contributed by atoms with Gasteiger partial charge in [-0.2, -0.15) is 0 Å². The minimum Gasteiger partial charge on any atom is -0.508 e. The molecule has 0 bridgehead atoms. The molecule has 1 aliphatic rings. The number of aryl methyl sites for hydroxylation is 1. The van der Waals surface area contributed by atoms with E-state index >= 15 is 0 Å². The van der Waals surface area contributed by atoms with E-state index in [9.17, 15) is 15.0 Å². The van der Waals surface area contributed by atoms with Crippen molar-refractivity contribution < 1.29 is 24.5 Å². The molecule has 0 unspecified atom stereocenters. The third-order valence-corrected chi connectivity index (χ3v) is 6.99. The fourth-order valence-electron chi connectivity index (χ4n) is 4.93. The molecule has 5 heteroatoms. The zero-order valence-electron chi connectivity index (χ0n) is 21.2. The fourth-order valence-corrected chi connectivity index (χ4v) is 4.93. The lowest BCUT2D eigenvalue weighted by atomic mass is 9.80. The Morgan fingerprint density at radius 3 is 2.56 bits per heavy atom. The molecule has 0 aliphatic heterocycles. The van der Waals surface area contributed by atoms with Crippen molar-refractivity contribution in [1.29, 1.82) is 0 Å². The first kappa shape index (κ1) is 25.8. The highest BCUT2D eigenvalue weighted by atomic mass is 16.5. The van der Waals surface area contributed by atoms with Crippen LogP contribution in [-0.2, 0) is 17.8 Å². The van der Waals surface area contributed by atoms with Crippen molar-refractivity contribution in [3.05, 3.63) is 77.9 Å².